The summed E-state index contributed by atoms with van der Waals surface area (Å²) < 4.78 is 42.8. The minimum Gasteiger partial charge on any atom is -0.413 e. The summed E-state index contributed by atoms with van der Waals surface area (Å²) in [5.74, 6) is -0.550. The molecular weight excluding hydrogens is 397 g/mol. The molecule has 1 aromatic heterocycles. The number of hydrogen-bond acceptors (Lipinski definition) is 6. The molecule has 0 aliphatic carbocycles. The van der Waals surface area contributed by atoms with Crippen LogP contribution < -0.4 is 5.32 Å². The fourth-order valence-electron chi connectivity index (χ4n) is 2.64. The Morgan fingerprint density at radius 1 is 1.00 bits per heavy atom. The average molecular weight is 417 g/mol. The first-order valence-electron chi connectivity index (χ1n) is 9.02. The molecule has 1 amide bonds. The molecule has 0 saturated heterocycles. The van der Waals surface area contributed by atoms with E-state index in [1.807, 2.05) is 0 Å². The standard InChI is InChI=1S/C20H20FN3O4S/c21-17-10-8-15(9-11-17)13-18(25)22-12-4-7-19-23-24-20(28-19)29(26,27)14-16-5-2-1-3-6-16/h1-3,5-6,8-11H,4,7,12-14H2,(H,22,25). The quantitative estimate of drug-likeness (QED) is 0.537. The molecule has 0 radical (unpaired) electrons. The summed E-state index contributed by atoms with van der Waals surface area (Å²) in [5, 5.41) is 9.75. The van der Waals surface area contributed by atoms with E-state index in [2.05, 4.69) is 15.5 Å². The van der Waals surface area contributed by atoms with Gasteiger partial charge in [0.05, 0.1) is 12.2 Å². The molecular formula is C20H20FN3O4S. The maximum absolute atomic E-state index is 12.9. The van der Waals surface area contributed by atoms with Crippen molar-refractivity contribution in [1.29, 1.82) is 0 Å². The third-order valence-electron chi connectivity index (χ3n) is 4.08. The van der Waals surface area contributed by atoms with Gasteiger partial charge in [-0.3, -0.25) is 4.79 Å². The zero-order valence-electron chi connectivity index (χ0n) is 15.5. The molecule has 0 aliphatic rings. The van der Waals surface area contributed by atoms with Crippen molar-refractivity contribution in [2.75, 3.05) is 6.54 Å². The summed E-state index contributed by atoms with van der Waals surface area (Å²) >= 11 is 0. The van der Waals surface area contributed by atoms with Gasteiger partial charge in [0.15, 0.2) is 0 Å². The van der Waals surface area contributed by atoms with Gasteiger partial charge in [-0.15, -0.1) is 5.10 Å². The topological polar surface area (TPSA) is 102 Å². The molecule has 0 fully saturated rings. The van der Waals surface area contributed by atoms with Crippen molar-refractivity contribution >= 4 is 15.7 Å². The van der Waals surface area contributed by atoms with Gasteiger partial charge in [-0.05, 0) is 29.7 Å². The molecule has 0 spiro atoms. The van der Waals surface area contributed by atoms with Crippen molar-refractivity contribution < 1.29 is 22.0 Å². The van der Waals surface area contributed by atoms with Crippen molar-refractivity contribution in [3.05, 3.63) is 77.4 Å². The molecule has 0 atom stereocenters. The molecule has 3 rings (SSSR count). The van der Waals surface area contributed by atoms with E-state index in [1.165, 1.54) is 12.1 Å². The molecule has 3 aromatic rings. The molecule has 0 unspecified atom stereocenters. The van der Waals surface area contributed by atoms with E-state index < -0.39 is 15.1 Å². The van der Waals surface area contributed by atoms with Crippen LogP contribution >= 0.6 is 0 Å². The number of nitrogens with one attached hydrogen (secondary N) is 1. The van der Waals surface area contributed by atoms with E-state index in [9.17, 15) is 17.6 Å². The Labute approximate surface area is 167 Å². The highest BCUT2D eigenvalue weighted by Crippen LogP contribution is 2.15. The SMILES string of the molecule is O=C(Cc1ccc(F)cc1)NCCCc1nnc(S(=O)(=O)Cc2ccccc2)o1. The number of hydrogen-bond donors (Lipinski definition) is 1. The first-order chi connectivity index (χ1) is 13.9. The number of carbonyl (C=O) groups excluding carboxylic acids is 1. The minimum atomic E-state index is -3.71. The summed E-state index contributed by atoms with van der Waals surface area (Å²) in [5.41, 5.74) is 1.35. The number of aryl methyl sites for hydroxylation is 1. The third-order valence-corrected chi connectivity index (χ3v) is 5.49. The first-order valence-corrected chi connectivity index (χ1v) is 10.7. The van der Waals surface area contributed by atoms with Gasteiger partial charge in [-0.1, -0.05) is 47.6 Å². The van der Waals surface area contributed by atoms with Crippen LogP contribution in [0.1, 0.15) is 23.4 Å². The van der Waals surface area contributed by atoms with Crippen LogP contribution in [0.25, 0.3) is 0 Å². The van der Waals surface area contributed by atoms with Crippen LogP contribution in [0.15, 0.2) is 64.2 Å². The number of benzene rings is 2. The fourth-order valence-corrected chi connectivity index (χ4v) is 3.78. The molecule has 29 heavy (non-hydrogen) atoms. The van der Waals surface area contributed by atoms with Crippen LogP contribution in [-0.2, 0) is 33.2 Å². The molecule has 9 heteroatoms. The normalized spacial score (nSPS) is 11.3. The van der Waals surface area contributed by atoms with Crippen molar-refractivity contribution in [2.45, 2.75) is 30.2 Å². The maximum atomic E-state index is 12.9. The van der Waals surface area contributed by atoms with E-state index in [4.69, 9.17) is 4.42 Å². The van der Waals surface area contributed by atoms with Crippen molar-refractivity contribution in [1.82, 2.24) is 15.5 Å². The Morgan fingerprint density at radius 3 is 2.45 bits per heavy atom. The molecule has 7 nitrogen and oxygen atoms in total. The lowest BCUT2D eigenvalue weighted by atomic mass is 10.1. The second-order valence-corrected chi connectivity index (χ2v) is 8.33. The van der Waals surface area contributed by atoms with Crippen molar-refractivity contribution in [3.8, 4) is 0 Å². The number of sulfone groups is 1. The smallest absolute Gasteiger partial charge is 0.335 e. The molecule has 1 heterocycles. The van der Waals surface area contributed by atoms with Crippen molar-refractivity contribution in [3.63, 3.8) is 0 Å². The van der Waals surface area contributed by atoms with Crippen LogP contribution in [0.4, 0.5) is 4.39 Å². The number of aromatic nitrogens is 2. The monoisotopic (exact) mass is 417 g/mol. The molecule has 0 aliphatic heterocycles. The predicted octanol–water partition coefficient (Wildman–Crippen LogP) is 2.47. The van der Waals surface area contributed by atoms with Crippen LogP contribution in [0.5, 0.6) is 0 Å². The van der Waals surface area contributed by atoms with Crippen LogP contribution in [0.2, 0.25) is 0 Å². The number of nitrogens with zero attached hydrogens (tertiary/aromatic N) is 2. The predicted molar refractivity (Wildman–Crippen MR) is 103 cm³/mol. The van der Waals surface area contributed by atoms with Gasteiger partial charge in [-0.25, -0.2) is 12.8 Å². The van der Waals surface area contributed by atoms with Gasteiger partial charge in [0.2, 0.25) is 21.6 Å². The summed E-state index contributed by atoms with van der Waals surface area (Å²) in [6, 6.07) is 14.5. The van der Waals surface area contributed by atoms with E-state index in [1.54, 1.807) is 42.5 Å². The lowest BCUT2D eigenvalue weighted by molar-refractivity contribution is -0.120. The second-order valence-electron chi connectivity index (χ2n) is 6.46. The van der Waals surface area contributed by atoms with Crippen molar-refractivity contribution in [2.24, 2.45) is 0 Å². The molecule has 0 bridgehead atoms. The largest absolute Gasteiger partial charge is 0.413 e. The number of rotatable bonds is 9. The van der Waals surface area contributed by atoms with Crippen LogP contribution in [0, 0.1) is 5.82 Å². The molecule has 2 aromatic carbocycles. The van der Waals surface area contributed by atoms with Gasteiger partial charge >= 0.3 is 5.22 Å². The zero-order chi connectivity index (χ0) is 20.7. The van der Waals surface area contributed by atoms with Gasteiger partial charge in [-0.2, -0.15) is 0 Å². The lowest BCUT2D eigenvalue weighted by Crippen LogP contribution is -2.26. The summed E-state index contributed by atoms with van der Waals surface area (Å²) in [6.07, 6.45) is 1.00. The Kier molecular flexibility index (Phi) is 6.71. The highest BCUT2D eigenvalue weighted by atomic mass is 32.2. The fraction of sp³-hybridized carbons (Fsp3) is 0.250. The molecule has 1 N–H and O–H groups in total. The van der Waals surface area contributed by atoms with Gasteiger partial charge in [0.1, 0.15) is 5.82 Å². The summed E-state index contributed by atoms with van der Waals surface area (Å²) in [4.78, 5) is 11.9. The Bertz CT molecular complexity index is 1050. The summed E-state index contributed by atoms with van der Waals surface area (Å²) in [7, 11) is -3.71. The Morgan fingerprint density at radius 2 is 1.72 bits per heavy atom. The first kappa shape index (κ1) is 20.7. The van der Waals surface area contributed by atoms with E-state index in [0.717, 1.165) is 0 Å². The lowest BCUT2D eigenvalue weighted by Gasteiger charge is -2.04. The molecule has 0 saturated carbocycles. The van der Waals surface area contributed by atoms with Gasteiger partial charge < -0.3 is 9.73 Å². The number of carbonyl (C=O) groups is 1. The Balaban J connectivity index is 1.44. The van der Waals surface area contributed by atoms with Crippen LogP contribution in [0.3, 0.4) is 0 Å². The molecule has 152 valence electrons. The highest BCUT2D eigenvalue weighted by Gasteiger charge is 2.22. The average Bonchev–Trinajstić information content (AvgIpc) is 3.18. The number of amides is 1. The van der Waals surface area contributed by atoms with E-state index in [-0.39, 0.29) is 29.8 Å². The van der Waals surface area contributed by atoms with E-state index in [0.29, 0.717) is 30.5 Å². The maximum Gasteiger partial charge on any atom is 0.335 e. The highest BCUT2D eigenvalue weighted by molar-refractivity contribution is 7.90. The number of halogens is 1. The van der Waals surface area contributed by atoms with Gasteiger partial charge in [0.25, 0.3) is 0 Å². The third kappa shape index (κ3) is 6.21. The van der Waals surface area contributed by atoms with Crippen LogP contribution in [-0.4, -0.2) is 31.1 Å². The zero-order valence-corrected chi connectivity index (χ0v) is 16.4. The minimum absolute atomic E-state index is 0.155. The summed E-state index contributed by atoms with van der Waals surface area (Å²) in [6.45, 7) is 0.370. The van der Waals surface area contributed by atoms with Gasteiger partial charge in [0, 0.05) is 13.0 Å². The van der Waals surface area contributed by atoms with E-state index >= 15 is 0 Å². The second kappa shape index (κ2) is 9.42. The Hall–Kier alpha value is -3.07.